The highest BCUT2D eigenvalue weighted by molar-refractivity contribution is 7.80. The summed E-state index contributed by atoms with van der Waals surface area (Å²) in [5.74, 6) is -0.0513. The Labute approximate surface area is 240 Å². The number of carbonyl (C=O) groups is 1. The summed E-state index contributed by atoms with van der Waals surface area (Å²) in [6.07, 6.45) is 2.10. The van der Waals surface area contributed by atoms with Crippen LogP contribution in [-0.4, -0.2) is 32.0 Å². The molecule has 5 rings (SSSR count). The van der Waals surface area contributed by atoms with Gasteiger partial charge in [0.2, 0.25) is 5.91 Å². The summed E-state index contributed by atoms with van der Waals surface area (Å²) in [4.78, 5) is 19.8. The molecule has 0 bridgehead atoms. The van der Waals surface area contributed by atoms with Crippen LogP contribution in [0.3, 0.4) is 0 Å². The number of aryl methyl sites for hydroxylation is 1. The second kappa shape index (κ2) is 11.2. The van der Waals surface area contributed by atoms with Crippen molar-refractivity contribution in [2.45, 2.75) is 46.2 Å². The van der Waals surface area contributed by atoms with E-state index < -0.39 is 0 Å². The zero-order chi connectivity index (χ0) is 27.7. The summed E-state index contributed by atoms with van der Waals surface area (Å²) in [6.45, 7) is 8.89. The number of amides is 1. The normalized spacial score (nSPS) is 16.8. The van der Waals surface area contributed by atoms with Gasteiger partial charge in [-0.05, 0) is 93.5 Å². The number of hydrogen-bond acceptors (Lipinski definition) is 3. The van der Waals surface area contributed by atoms with Gasteiger partial charge >= 0.3 is 0 Å². The minimum atomic E-state index is -0.162. The highest BCUT2D eigenvalue weighted by atomic mass is 35.5. The topological polar surface area (TPSA) is 62.2 Å². The van der Waals surface area contributed by atoms with Crippen molar-refractivity contribution in [3.8, 4) is 5.69 Å². The summed E-state index contributed by atoms with van der Waals surface area (Å²) in [5, 5.41) is 7.85. The van der Waals surface area contributed by atoms with E-state index in [4.69, 9.17) is 23.8 Å². The number of thiocarbonyl (C=S) groups is 1. The van der Waals surface area contributed by atoms with Crippen molar-refractivity contribution in [2.75, 3.05) is 11.9 Å². The lowest BCUT2D eigenvalue weighted by molar-refractivity contribution is -0.116. The molecule has 1 aliphatic heterocycles. The van der Waals surface area contributed by atoms with E-state index in [1.54, 1.807) is 6.20 Å². The van der Waals surface area contributed by atoms with Gasteiger partial charge in [-0.1, -0.05) is 35.9 Å². The molecule has 200 valence electrons. The van der Waals surface area contributed by atoms with Crippen molar-refractivity contribution in [3.05, 3.63) is 112 Å². The Morgan fingerprint density at radius 2 is 1.82 bits per heavy atom. The summed E-state index contributed by atoms with van der Waals surface area (Å²) in [5.41, 5.74) is 8.42. The fraction of sp³-hybridized carbons (Fsp3) is 0.258. The number of anilines is 1. The van der Waals surface area contributed by atoms with E-state index in [1.165, 1.54) is 11.1 Å². The number of aromatic nitrogens is 2. The number of pyridine rings is 1. The van der Waals surface area contributed by atoms with Crippen molar-refractivity contribution in [1.29, 1.82) is 0 Å². The Hall–Kier alpha value is -3.68. The zero-order valence-electron chi connectivity index (χ0n) is 22.5. The Morgan fingerprint density at radius 1 is 1.03 bits per heavy atom. The van der Waals surface area contributed by atoms with Crippen LogP contribution in [0.5, 0.6) is 0 Å². The number of carbonyl (C=O) groups excluding carboxylic acids is 1. The van der Waals surface area contributed by atoms with Gasteiger partial charge in [0, 0.05) is 52.5 Å². The van der Waals surface area contributed by atoms with E-state index in [0.29, 0.717) is 23.1 Å². The van der Waals surface area contributed by atoms with Crippen LogP contribution in [0.2, 0.25) is 5.02 Å². The lowest BCUT2D eigenvalue weighted by atomic mass is 9.93. The molecule has 1 amide bonds. The number of nitrogens with one attached hydrogen (secondary N) is 2. The van der Waals surface area contributed by atoms with Crippen LogP contribution in [-0.2, 0) is 4.79 Å². The van der Waals surface area contributed by atoms with E-state index in [0.717, 1.165) is 34.0 Å². The number of hydrogen-bond donors (Lipinski definition) is 2. The maximum Gasteiger partial charge on any atom is 0.226 e. The van der Waals surface area contributed by atoms with Crippen LogP contribution in [0.4, 0.5) is 5.69 Å². The van der Waals surface area contributed by atoms with Gasteiger partial charge < -0.3 is 20.1 Å². The Kier molecular flexibility index (Phi) is 7.73. The SMILES string of the molecule is Cc1cccc(NC(=O)CCN2C(=S)NC(c3ccccn3)C2c2c(C)c(C)n(-c3cccc(Cl)c3)c2C)c1. The molecule has 2 unspecified atom stereocenters. The number of rotatable bonds is 7. The minimum absolute atomic E-state index is 0.0513. The molecule has 0 radical (unpaired) electrons. The van der Waals surface area contributed by atoms with E-state index in [9.17, 15) is 4.79 Å². The largest absolute Gasteiger partial charge is 0.352 e. The van der Waals surface area contributed by atoms with Crippen molar-refractivity contribution >= 4 is 40.5 Å². The van der Waals surface area contributed by atoms with Crippen molar-refractivity contribution in [1.82, 2.24) is 19.8 Å². The maximum absolute atomic E-state index is 13.0. The summed E-state index contributed by atoms with van der Waals surface area (Å²) in [7, 11) is 0. The van der Waals surface area contributed by atoms with Gasteiger partial charge in [-0.15, -0.1) is 0 Å². The lowest BCUT2D eigenvalue weighted by Crippen LogP contribution is -2.33. The fourth-order valence-corrected chi connectivity index (χ4v) is 6.09. The van der Waals surface area contributed by atoms with Crippen molar-refractivity contribution < 1.29 is 4.79 Å². The van der Waals surface area contributed by atoms with Crippen LogP contribution in [0.15, 0.2) is 72.9 Å². The van der Waals surface area contributed by atoms with Gasteiger partial charge in [0.15, 0.2) is 5.11 Å². The minimum Gasteiger partial charge on any atom is -0.352 e. The Morgan fingerprint density at radius 3 is 2.54 bits per heavy atom. The predicted molar refractivity (Wildman–Crippen MR) is 162 cm³/mol. The fourth-order valence-electron chi connectivity index (χ4n) is 5.57. The van der Waals surface area contributed by atoms with Crippen molar-refractivity contribution in [2.24, 2.45) is 0 Å². The van der Waals surface area contributed by atoms with Crippen LogP contribution in [0.1, 0.15) is 52.3 Å². The smallest absolute Gasteiger partial charge is 0.226 e. The summed E-state index contributed by atoms with van der Waals surface area (Å²) < 4.78 is 2.25. The lowest BCUT2D eigenvalue weighted by Gasteiger charge is -2.29. The second-order valence-electron chi connectivity index (χ2n) is 10.0. The number of benzene rings is 2. The third-order valence-corrected chi connectivity index (χ3v) is 8.04. The predicted octanol–water partition coefficient (Wildman–Crippen LogP) is 6.76. The molecular formula is C31H32ClN5OS. The average Bonchev–Trinajstić information content (AvgIpc) is 3.34. The van der Waals surface area contributed by atoms with Crippen LogP contribution in [0, 0.1) is 27.7 Å². The molecule has 4 aromatic rings. The molecular weight excluding hydrogens is 526 g/mol. The molecule has 3 heterocycles. The monoisotopic (exact) mass is 557 g/mol. The first-order valence-corrected chi connectivity index (χ1v) is 13.8. The van der Waals surface area contributed by atoms with E-state index >= 15 is 0 Å². The third kappa shape index (κ3) is 5.42. The molecule has 2 aromatic heterocycles. The van der Waals surface area contributed by atoms with Crippen LogP contribution in [0.25, 0.3) is 5.69 Å². The van der Waals surface area contributed by atoms with E-state index in [1.807, 2.05) is 67.6 Å². The summed E-state index contributed by atoms with van der Waals surface area (Å²) >= 11 is 12.2. The van der Waals surface area contributed by atoms with Crippen LogP contribution >= 0.6 is 23.8 Å². The quantitative estimate of drug-likeness (QED) is 0.246. The molecule has 1 saturated heterocycles. The van der Waals surface area contributed by atoms with Gasteiger partial charge in [-0.3, -0.25) is 9.78 Å². The Bertz CT molecular complexity index is 1530. The molecule has 0 saturated carbocycles. The highest BCUT2D eigenvalue weighted by Crippen LogP contribution is 2.43. The molecule has 2 atom stereocenters. The van der Waals surface area contributed by atoms with Crippen LogP contribution < -0.4 is 10.6 Å². The van der Waals surface area contributed by atoms with Crippen molar-refractivity contribution in [3.63, 3.8) is 0 Å². The second-order valence-corrected chi connectivity index (χ2v) is 10.8. The number of nitrogens with zero attached hydrogens (tertiary/aromatic N) is 3. The van der Waals surface area contributed by atoms with Gasteiger partial charge in [0.1, 0.15) is 0 Å². The molecule has 0 aliphatic carbocycles. The molecule has 2 N–H and O–H groups in total. The standard InChI is InChI=1S/C31H32ClN5OS/c1-19-9-7-11-24(17-19)34-27(38)14-16-36-30(29(35-31(36)39)26-13-5-6-15-33-26)28-20(2)21(3)37(22(28)4)25-12-8-10-23(32)18-25/h5-13,15,17-18,29-30H,14,16H2,1-4H3,(H,34,38)(H,35,39). The summed E-state index contributed by atoms with van der Waals surface area (Å²) in [6, 6.07) is 21.3. The van der Waals surface area contributed by atoms with E-state index in [-0.39, 0.29) is 18.0 Å². The van der Waals surface area contributed by atoms with Gasteiger partial charge in [0.05, 0.1) is 17.8 Å². The average molecular weight is 558 g/mol. The molecule has 2 aromatic carbocycles. The third-order valence-electron chi connectivity index (χ3n) is 7.45. The molecule has 6 nitrogen and oxygen atoms in total. The first kappa shape index (κ1) is 26.9. The highest BCUT2D eigenvalue weighted by Gasteiger charge is 2.42. The first-order chi connectivity index (χ1) is 18.7. The number of halogens is 1. The molecule has 1 aliphatic rings. The van der Waals surface area contributed by atoms with E-state index in [2.05, 4.69) is 51.9 Å². The molecule has 39 heavy (non-hydrogen) atoms. The maximum atomic E-state index is 13.0. The van der Waals surface area contributed by atoms with Gasteiger partial charge in [-0.2, -0.15) is 0 Å². The van der Waals surface area contributed by atoms with Gasteiger partial charge in [0.25, 0.3) is 0 Å². The molecule has 1 fully saturated rings. The Balaban J connectivity index is 1.51. The van der Waals surface area contributed by atoms with Gasteiger partial charge in [-0.25, -0.2) is 0 Å². The molecule has 8 heteroatoms. The molecule has 0 spiro atoms. The first-order valence-electron chi connectivity index (χ1n) is 13.0. The zero-order valence-corrected chi connectivity index (χ0v) is 24.1.